The van der Waals surface area contributed by atoms with Crippen LogP contribution in [0.4, 0.5) is 11.8 Å². The third-order valence-corrected chi connectivity index (χ3v) is 8.09. The van der Waals surface area contributed by atoms with Gasteiger partial charge in [-0.25, -0.2) is 4.98 Å². The summed E-state index contributed by atoms with van der Waals surface area (Å²) in [6, 6.07) is 8.82. The first-order chi connectivity index (χ1) is 19.4. The molecule has 5 atom stereocenters. The first kappa shape index (κ1) is 28.2. The Morgan fingerprint density at radius 3 is 2.58 bits per heavy atom. The molecule has 216 valence electrons. The number of nitrogens with two attached hydrogens (primary N) is 1. The van der Waals surface area contributed by atoms with E-state index in [9.17, 15) is 20.1 Å². The SMILES string of the molecule is CCC(=O)N[C@H]1C[C@@H](n2cnc3c(N[C@H](CO)Cc4ccccc4)nc(NC4CCC(N)CC4)nc32)[C@H](O)[C@@H]1O. The molecule has 2 aliphatic rings. The molecule has 12 nitrogen and oxygen atoms in total. The molecule has 40 heavy (non-hydrogen) atoms. The van der Waals surface area contributed by atoms with E-state index in [-0.39, 0.29) is 37.1 Å². The number of nitrogens with zero attached hydrogens (tertiary/aromatic N) is 4. The molecule has 0 spiro atoms. The summed E-state index contributed by atoms with van der Waals surface area (Å²) in [7, 11) is 0. The van der Waals surface area contributed by atoms with E-state index in [0.717, 1.165) is 31.2 Å². The normalized spacial score (nSPS) is 27.4. The number of carbonyl (C=O) groups excluding carboxylic acids is 1. The Morgan fingerprint density at radius 2 is 1.88 bits per heavy atom. The average Bonchev–Trinajstić information content (AvgIpc) is 3.50. The third-order valence-electron chi connectivity index (χ3n) is 8.09. The van der Waals surface area contributed by atoms with Crippen LogP contribution >= 0.6 is 0 Å². The number of anilines is 2. The summed E-state index contributed by atoms with van der Waals surface area (Å²) in [6.45, 7) is 1.63. The number of aliphatic hydroxyl groups is 3. The van der Waals surface area contributed by atoms with E-state index in [2.05, 4.69) is 20.9 Å². The van der Waals surface area contributed by atoms with Crippen LogP contribution in [0.3, 0.4) is 0 Å². The van der Waals surface area contributed by atoms with E-state index in [0.29, 0.717) is 35.8 Å². The summed E-state index contributed by atoms with van der Waals surface area (Å²) in [6.07, 6.45) is 4.19. The van der Waals surface area contributed by atoms with Crippen LogP contribution in [0.25, 0.3) is 11.2 Å². The maximum absolute atomic E-state index is 12.0. The van der Waals surface area contributed by atoms with Crippen molar-refractivity contribution in [3.8, 4) is 0 Å². The number of aromatic nitrogens is 4. The molecule has 0 aliphatic heterocycles. The van der Waals surface area contributed by atoms with E-state index >= 15 is 0 Å². The van der Waals surface area contributed by atoms with Crippen LogP contribution in [0.2, 0.25) is 0 Å². The monoisotopic (exact) mass is 552 g/mol. The maximum atomic E-state index is 12.0. The molecule has 1 aromatic carbocycles. The average molecular weight is 553 g/mol. The van der Waals surface area contributed by atoms with Gasteiger partial charge >= 0.3 is 0 Å². The molecule has 0 bridgehead atoms. The number of aliphatic hydroxyl groups excluding tert-OH is 3. The Labute approximate surface area is 233 Å². The standard InChI is InChI=1S/C28H40N8O4/c1-2-22(38)33-20-13-21(25(40)24(20)39)36-15-30-23-26(31-19(14-37)12-16-6-4-3-5-7-16)34-28(35-27(23)36)32-18-10-8-17(29)9-11-18/h3-7,15,17-21,24-25,37,39-40H,2,8-14,29H2,1H3,(H,33,38)(H2,31,32,34,35)/t17?,18?,19-,20-,21+,24+,25-/m0/s1. The highest BCUT2D eigenvalue weighted by Gasteiger charge is 2.43. The Morgan fingerprint density at radius 1 is 1.12 bits per heavy atom. The highest BCUT2D eigenvalue weighted by Crippen LogP contribution is 2.35. The smallest absolute Gasteiger partial charge is 0.227 e. The molecule has 2 aromatic heterocycles. The molecular weight excluding hydrogens is 512 g/mol. The number of fused-ring (bicyclic) bond motifs is 1. The minimum atomic E-state index is -1.12. The maximum Gasteiger partial charge on any atom is 0.227 e. The van der Waals surface area contributed by atoms with E-state index in [1.54, 1.807) is 17.8 Å². The summed E-state index contributed by atoms with van der Waals surface area (Å²) < 4.78 is 1.75. The molecule has 1 amide bonds. The minimum Gasteiger partial charge on any atom is -0.394 e. The van der Waals surface area contributed by atoms with Crippen molar-refractivity contribution in [1.82, 2.24) is 24.8 Å². The summed E-state index contributed by atoms with van der Waals surface area (Å²) in [5.74, 6) is 0.698. The molecule has 8 N–H and O–H groups in total. The number of hydrogen-bond donors (Lipinski definition) is 7. The Kier molecular flexibility index (Phi) is 8.79. The number of hydrogen-bond acceptors (Lipinski definition) is 10. The highest BCUT2D eigenvalue weighted by atomic mass is 16.3. The van der Waals surface area contributed by atoms with Crippen molar-refractivity contribution in [3.05, 3.63) is 42.2 Å². The van der Waals surface area contributed by atoms with Gasteiger partial charge in [0.1, 0.15) is 12.2 Å². The first-order valence-corrected chi connectivity index (χ1v) is 14.2. The van der Waals surface area contributed by atoms with Gasteiger partial charge in [-0.2, -0.15) is 9.97 Å². The molecule has 12 heteroatoms. The lowest BCUT2D eigenvalue weighted by atomic mass is 9.92. The number of nitrogens with one attached hydrogen (secondary N) is 3. The van der Waals surface area contributed by atoms with Crippen LogP contribution in [-0.2, 0) is 11.2 Å². The molecule has 5 rings (SSSR count). The van der Waals surface area contributed by atoms with Crippen molar-refractivity contribution in [1.29, 1.82) is 0 Å². The van der Waals surface area contributed by atoms with Crippen LogP contribution in [0.5, 0.6) is 0 Å². The second kappa shape index (κ2) is 12.5. The van der Waals surface area contributed by atoms with Gasteiger partial charge in [0.15, 0.2) is 17.0 Å². The van der Waals surface area contributed by atoms with Gasteiger partial charge in [0.05, 0.1) is 31.1 Å². The molecule has 2 heterocycles. The van der Waals surface area contributed by atoms with Crippen molar-refractivity contribution < 1.29 is 20.1 Å². The van der Waals surface area contributed by atoms with E-state index in [1.807, 2.05) is 30.3 Å². The second-order valence-electron chi connectivity index (χ2n) is 11.0. The molecule has 0 saturated heterocycles. The summed E-state index contributed by atoms with van der Waals surface area (Å²) in [5, 5.41) is 41.4. The largest absolute Gasteiger partial charge is 0.394 e. The highest BCUT2D eigenvalue weighted by molar-refractivity contribution is 5.84. The zero-order chi connectivity index (χ0) is 28.2. The van der Waals surface area contributed by atoms with E-state index in [4.69, 9.17) is 15.7 Å². The number of benzene rings is 1. The number of rotatable bonds is 10. The lowest BCUT2D eigenvalue weighted by molar-refractivity contribution is -0.122. The quantitative estimate of drug-likeness (QED) is 0.192. The molecule has 3 aromatic rings. The fourth-order valence-electron chi connectivity index (χ4n) is 5.76. The topological polar surface area (TPSA) is 183 Å². The Hall–Kier alpha value is -3.32. The molecule has 2 fully saturated rings. The number of amides is 1. The Bertz CT molecular complexity index is 1280. The minimum absolute atomic E-state index is 0.114. The lowest BCUT2D eigenvalue weighted by Crippen LogP contribution is -2.42. The van der Waals surface area contributed by atoms with Crippen LogP contribution in [0, 0.1) is 0 Å². The predicted molar refractivity (Wildman–Crippen MR) is 152 cm³/mol. The molecule has 2 aliphatic carbocycles. The number of imidazole rings is 1. The fraction of sp³-hybridized carbons (Fsp3) is 0.571. The Balaban J connectivity index is 1.47. The van der Waals surface area contributed by atoms with Gasteiger partial charge in [0, 0.05) is 18.5 Å². The second-order valence-corrected chi connectivity index (χ2v) is 11.0. The van der Waals surface area contributed by atoms with Crippen LogP contribution in [0.1, 0.15) is 57.1 Å². The summed E-state index contributed by atoms with van der Waals surface area (Å²) in [5.41, 5.74) is 8.15. The van der Waals surface area contributed by atoms with Gasteiger partial charge in [0.2, 0.25) is 11.9 Å². The summed E-state index contributed by atoms with van der Waals surface area (Å²) in [4.78, 5) is 26.1. The van der Waals surface area contributed by atoms with Gasteiger partial charge in [0.25, 0.3) is 0 Å². The first-order valence-electron chi connectivity index (χ1n) is 14.2. The number of carbonyl (C=O) groups is 1. The zero-order valence-electron chi connectivity index (χ0n) is 22.8. The van der Waals surface area contributed by atoms with Crippen molar-refractivity contribution in [2.24, 2.45) is 5.73 Å². The van der Waals surface area contributed by atoms with Crippen LogP contribution < -0.4 is 21.7 Å². The van der Waals surface area contributed by atoms with Gasteiger partial charge in [-0.05, 0) is 44.1 Å². The van der Waals surface area contributed by atoms with E-state index in [1.165, 1.54) is 0 Å². The molecule has 2 saturated carbocycles. The summed E-state index contributed by atoms with van der Waals surface area (Å²) >= 11 is 0. The zero-order valence-corrected chi connectivity index (χ0v) is 22.8. The lowest BCUT2D eigenvalue weighted by Gasteiger charge is -2.27. The predicted octanol–water partition coefficient (Wildman–Crippen LogP) is 1.09. The van der Waals surface area contributed by atoms with Gasteiger partial charge in [-0.1, -0.05) is 37.3 Å². The third kappa shape index (κ3) is 6.20. The fourth-order valence-corrected chi connectivity index (χ4v) is 5.76. The van der Waals surface area contributed by atoms with Crippen molar-refractivity contribution >= 4 is 28.8 Å². The van der Waals surface area contributed by atoms with Crippen LogP contribution in [0.15, 0.2) is 36.7 Å². The van der Waals surface area contributed by atoms with Gasteiger partial charge in [-0.15, -0.1) is 0 Å². The van der Waals surface area contributed by atoms with Crippen molar-refractivity contribution in [2.75, 3.05) is 17.2 Å². The van der Waals surface area contributed by atoms with Crippen LogP contribution in [-0.4, -0.2) is 83.7 Å². The molecule has 0 radical (unpaired) electrons. The molecular formula is C28H40N8O4. The van der Waals surface area contributed by atoms with Gasteiger partial charge < -0.3 is 41.6 Å². The van der Waals surface area contributed by atoms with Crippen molar-refractivity contribution in [2.45, 2.75) is 94.3 Å². The van der Waals surface area contributed by atoms with Gasteiger partial charge in [-0.3, -0.25) is 4.79 Å². The van der Waals surface area contributed by atoms with E-state index < -0.39 is 24.3 Å². The van der Waals surface area contributed by atoms with Crippen molar-refractivity contribution in [3.63, 3.8) is 0 Å². The molecule has 0 unspecified atom stereocenters.